The van der Waals surface area contributed by atoms with Gasteiger partial charge < -0.3 is 14.8 Å². The number of benzene rings is 3. The van der Waals surface area contributed by atoms with Gasteiger partial charge in [0.15, 0.2) is 0 Å². The van der Waals surface area contributed by atoms with Gasteiger partial charge in [-0.15, -0.1) is 0 Å². The molecule has 28 heavy (non-hydrogen) atoms. The summed E-state index contributed by atoms with van der Waals surface area (Å²) in [4.78, 5) is 12.6. The zero-order valence-electron chi connectivity index (χ0n) is 15.2. The summed E-state index contributed by atoms with van der Waals surface area (Å²) >= 11 is 11.9. The minimum atomic E-state index is -0.243. The fourth-order valence-electron chi connectivity index (χ4n) is 2.57. The van der Waals surface area contributed by atoms with Crippen molar-refractivity contribution in [2.45, 2.75) is 13.5 Å². The van der Waals surface area contributed by atoms with Gasteiger partial charge in [0.1, 0.15) is 18.1 Å². The molecule has 0 radical (unpaired) electrons. The molecule has 0 fully saturated rings. The van der Waals surface area contributed by atoms with E-state index in [1.165, 1.54) is 0 Å². The van der Waals surface area contributed by atoms with Gasteiger partial charge in [0.2, 0.25) is 0 Å². The molecule has 0 unspecified atom stereocenters. The number of hydrogen-bond donors (Lipinski definition) is 1. The first kappa shape index (κ1) is 20.1. The monoisotopic (exact) mass is 415 g/mol. The van der Waals surface area contributed by atoms with Crippen molar-refractivity contribution in [2.24, 2.45) is 0 Å². The van der Waals surface area contributed by atoms with E-state index in [9.17, 15) is 4.79 Å². The van der Waals surface area contributed by atoms with Gasteiger partial charge in [-0.25, -0.2) is 0 Å². The highest BCUT2D eigenvalue weighted by molar-refractivity contribution is 6.42. The number of anilines is 1. The molecule has 0 bridgehead atoms. The predicted octanol–water partition coefficient (Wildman–Crippen LogP) is 6.22. The van der Waals surface area contributed by atoms with E-state index >= 15 is 0 Å². The molecule has 0 atom stereocenters. The summed E-state index contributed by atoms with van der Waals surface area (Å²) in [5.41, 5.74) is 1.99. The molecule has 144 valence electrons. The minimum Gasteiger partial charge on any atom is -0.492 e. The topological polar surface area (TPSA) is 47.6 Å². The zero-order chi connectivity index (χ0) is 19.9. The quantitative estimate of drug-likeness (QED) is 0.497. The van der Waals surface area contributed by atoms with Crippen molar-refractivity contribution in [3.63, 3.8) is 0 Å². The number of nitrogens with one attached hydrogen (secondary N) is 1. The van der Waals surface area contributed by atoms with Gasteiger partial charge in [0.25, 0.3) is 5.91 Å². The third kappa shape index (κ3) is 5.18. The molecular formula is C22H19Cl2NO3. The molecule has 0 aliphatic rings. The van der Waals surface area contributed by atoms with Crippen molar-refractivity contribution in [3.8, 4) is 11.5 Å². The van der Waals surface area contributed by atoms with E-state index in [1.807, 2.05) is 31.2 Å². The molecular weight excluding hydrogens is 397 g/mol. The third-order valence-corrected chi connectivity index (χ3v) is 4.66. The van der Waals surface area contributed by atoms with Crippen molar-refractivity contribution in [1.29, 1.82) is 0 Å². The number of halogens is 2. The number of ether oxygens (including phenoxy) is 2. The number of rotatable bonds is 7. The van der Waals surface area contributed by atoms with Crippen LogP contribution in [0.4, 0.5) is 5.69 Å². The van der Waals surface area contributed by atoms with E-state index in [1.54, 1.807) is 42.5 Å². The maximum atomic E-state index is 12.6. The van der Waals surface area contributed by atoms with E-state index in [0.29, 0.717) is 46.0 Å². The van der Waals surface area contributed by atoms with Crippen LogP contribution in [0.1, 0.15) is 22.8 Å². The van der Waals surface area contributed by atoms with Crippen molar-refractivity contribution < 1.29 is 14.3 Å². The number of amides is 1. The van der Waals surface area contributed by atoms with Crippen LogP contribution in [0, 0.1) is 0 Å². The number of hydrogen-bond acceptors (Lipinski definition) is 3. The molecule has 0 aliphatic carbocycles. The lowest BCUT2D eigenvalue weighted by Crippen LogP contribution is -2.13. The van der Waals surface area contributed by atoms with Crippen LogP contribution in [0.2, 0.25) is 10.0 Å². The number of carbonyl (C=O) groups excluding carboxylic acids is 1. The summed E-state index contributed by atoms with van der Waals surface area (Å²) < 4.78 is 11.3. The Kier molecular flexibility index (Phi) is 6.80. The average molecular weight is 416 g/mol. The SMILES string of the molecule is CCOc1ccccc1NC(=O)c1cccc(OCc2ccc(Cl)c(Cl)c2)c1. The molecule has 0 aromatic heterocycles. The Hall–Kier alpha value is -2.69. The van der Waals surface area contributed by atoms with Gasteiger partial charge in [0.05, 0.1) is 22.3 Å². The lowest BCUT2D eigenvalue weighted by molar-refractivity contribution is 0.102. The summed E-state index contributed by atoms with van der Waals surface area (Å²) in [6.07, 6.45) is 0. The maximum Gasteiger partial charge on any atom is 0.255 e. The Balaban J connectivity index is 1.68. The minimum absolute atomic E-state index is 0.243. The summed E-state index contributed by atoms with van der Waals surface area (Å²) in [6.45, 7) is 2.73. The normalized spacial score (nSPS) is 10.4. The molecule has 0 saturated carbocycles. The molecule has 0 aliphatic heterocycles. The second kappa shape index (κ2) is 9.49. The number of carbonyl (C=O) groups is 1. The highest BCUT2D eigenvalue weighted by Gasteiger charge is 2.11. The van der Waals surface area contributed by atoms with Crippen LogP contribution in [0.5, 0.6) is 11.5 Å². The highest BCUT2D eigenvalue weighted by Crippen LogP contribution is 2.26. The fraction of sp³-hybridized carbons (Fsp3) is 0.136. The molecule has 1 amide bonds. The largest absolute Gasteiger partial charge is 0.492 e. The van der Waals surface area contributed by atoms with Crippen molar-refractivity contribution >= 4 is 34.8 Å². The third-order valence-electron chi connectivity index (χ3n) is 3.92. The van der Waals surface area contributed by atoms with E-state index < -0.39 is 0 Å². The standard InChI is InChI=1S/C22H19Cl2NO3/c1-2-27-21-9-4-3-8-20(21)25-22(26)16-6-5-7-17(13-16)28-14-15-10-11-18(23)19(24)12-15/h3-13H,2,14H2,1H3,(H,25,26). The second-order valence-corrected chi connectivity index (χ2v) is 6.76. The Morgan fingerprint density at radius 1 is 0.929 bits per heavy atom. The molecule has 4 nitrogen and oxygen atoms in total. The molecule has 6 heteroatoms. The Bertz CT molecular complexity index is 976. The molecule has 0 saturated heterocycles. The van der Waals surface area contributed by atoms with Crippen LogP contribution in [0.3, 0.4) is 0 Å². The van der Waals surface area contributed by atoms with Gasteiger partial charge in [-0.2, -0.15) is 0 Å². The van der Waals surface area contributed by atoms with Gasteiger partial charge in [-0.1, -0.05) is 47.5 Å². The van der Waals surface area contributed by atoms with Crippen LogP contribution in [-0.4, -0.2) is 12.5 Å². The summed E-state index contributed by atoms with van der Waals surface area (Å²) in [6, 6.07) is 19.6. The lowest BCUT2D eigenvalue weighted by atomic mass is 10.2. The van der Waals surface area contributed by atoms with E-state index in [4.69, 9.17) is 32.7 Å². The Morgan fingerprint density at radius 3 is 2.54 bits per heavy atom. The van der Waals surface area contributed by atoms with E-state index in [2.05, 4.69) is 5.32 Å². The van der Waals surface area contributed by atoms with Gasteiger partial charge in [-0.3, -0.25) is 4.79 Å². The van der Waals surface area contributed by atoms with Crippen LogP contribution in [0.15, 0.2) is 66.7 Å². The smallest absolute Gasteiger partial charge is 0.255 e. The summed E-state index contributed by atoms with van der Waals surface area (Å²) in [5, 5.41) is 3.85. The molecule has 0 spiro atoms. The van der Waals surface area contributed by atoms with Crippen LogP contribution in [-0.2, 0) is 6.61 Å². The van der Waals surface area contributed by atoms with Crippen LogP contribution < -0.4 is 14.8 Å². The van der Waals surface area contributed by atoms with Crippen molar-refractivity contribution in [2.75, 3.05) is 11.9 Å². The molecule has 3 rings (SSSR count). The van der Waals surface area contributed by atoms with E-state index in [0.717, 1.165) is 5.56 Å². The Labute approximate surface area is 174 Å². The van der Waals surface area contributed by atoms with Crippen LogP contribution in [0.25, 0.3) is 0 Å². The first-order valence-corrected chi connectivity index (χ1v) is 9.52. The van der Waals surface area contributed by atoms with Gasteiger partial charge in [-0.05, 0) is 55.0 Å². The van der Waals surface area contributed by atoms with Gasteiger partial charge >= 0.3 is 0 Å². The maximum absolute atomic E-state index is 12.6. The van der Waals surface area contributed by atoms with E-state index in [-0.39, 0.29) is 5.91 Å². The highest BCUT2D eigenvalue weighted by atomic mass is 35.5. The average Bonchev–Trinajstić information content (AvgIpc) is 2.71. The summed E-state index contributed by atoms with van der Waals surface area (Å²) in [5.74, 6) is 0.967. The fourth-order valence-corrected chi connectivity index (χ4v) is 2.89. The van der Waals surface area contributed by atoms with Gasteiger partial charge in [0, 0.05) is 5.56 Å². The van der Waals surface area contributed by atoms with Crippen LogP contribution >= 0.6 is 23.2 Å². The van der Waals surface area contributed by atoms with Crippen molar-refractivity contribution in [3.05, 3.63) is 87.9 Å². The second-order valence-electron chi connectivity index (χ2n) is 5.95. The molecule has 1 N–H and O–H groups in total. The first-order valence-electron chi connectivity index (χ1n) is 8.77. The van der Waals surface area contributed by atoms with Crippen molar-refractivity contribution in [1.82, 2.24) is 0 Å². The molecule has 3 aromatic carbocycles. The molecule has 3 aromatic rings. The lowest BCUT2D eigenvalue weighted by Gasteiger charge is -2.12. The Morgan fingerprint density at radius 2 is 1.75 bits per heavy atom. The zero-order valence-corrected chi connectivity index (χ0v) is 16.8. The predicted molar refractivity (Wildman–Crippen MR) is 113 cm³/mol. The molecule has 0 heterocycles. The summed E-state index contributed by atoms with van der Waals surface area (Å²) in [7, 11) is 0. The first-order chi connectivity index (χ1) is 13.6. The number of para-hydroxylation sites is 2.